The molecule has 4 nitrogen and oxygen atoms in total. The fourth-order valence-electron chi connectivity index (χ4n) is 3.00. The molecule has 0 radical (unpaired) electrons. The van der Waals surface area contributed by atoms with Crippen molar-refractivity contribution in [3.05, 3.63) is 23.8 Å². The van der Waals surface area contributed by atoms with Gasteiger partial charge in [0.15, 0.2) is 0 Å². The van der Waals surface area contributed by atoms with Gasteiger partial charge in [0.25, 0.3) is 0 Å². The highest BCUT2D eigenvalue weighted by Crippen LogP contribution is 2.43. The first-order valence-electron chi connectivity index (χ1n) is 6.96. The lowest BCUT2D eigenvalue weighted by Crippen LogP contribution is -2.45. The van der Waals surface area contributed by atoms with Crippen molar-refractivity contribution in [1.29, 1.82) is 0 Å². The Morgan fingerprint density at radius 3 is 2.70 bits per heavy atom. The van der Waals surface area contributed by atoms with Gasteiger partial charge in [-0.25, -0.2) is 0 Å². The van der Waals surface area contributed by atoms with E-state index in [1.165, 1.54) is 0 Å². The third-order valence-corrected chi connectivity index (χ3v) is 3.98. The quantitative estimate of drug-likeness (QED) is 0.920. The highest BCUT2D eigenvalue weighted by atomic mass is 16.5. The van der Waals surface area contributed by atoms with E-state index in [9.17, 15) is 0 Å². The summed E-state index contributed by atoms with van der Waals surface area (Å²) in [5.74, 6) is 1.66. The molecular formula is C16H25NO3. The Morgan fingerprint density at radius 1 is 1.40 bits per heavy atom. The first kappa shape index (κ1) is 15.1. The average molecular weight is 279 g/mol. The van der Waals surface area contributed by atoms with Crippen molar-refractivity contribution in [1.82, 2.24) is 0 Å². The zero-order chi connectivity index (χ0) is 15.0. The van der Waals surface area contributed by atoms with Crippen LogP contribution in [0.25, 0.3) is 0 Å². The second-order valence-electron chi connectivity index (χ2n) is 6.41. The van der Waals surface area contributed by atoms with Gasteiger partial charge in [-0.3, -0.25) is 0 Å². The topological polar surface area (TPSA) is 53.7 Å². The number of hydrogen-bond donors (Lipinski definition) is 1. The summed E-state index contributed by atoms with van der Waals surface area (Å²) in [6.45, 7) is 6.23. The van der Waals surface area contributed by atoms with Gasteiger partial charge >= 0.3 is 0 Å². The summed E-state index contributed by atoms with van der Waals surface area (Å²) in [5.41, 5.74) is 6.78. The Balaban J connectivity index is 2.27. The lowest BCUT2D eigenvalue weighted by molar-refractivity contribution is -0.0580. The minimum absolute atomic E-state index is 0.0495. The van der Waals surface area contributed by atoms with Crippen molar-refractivity contribution in [2.24, 2.45) is 5.73 Å². The van der Waals surface area contributed by atoms with Gasteiger partial charge < -0.3 is 19.9 Å². The van der Waals surface area contributed by atoms with Gasteiger partial charge in [-0.15, -0.1) is 0 Å². The molecule has 1 heterocycles. The van der Waals surface area contributed by atoms with Crippen molar-refractivity contribution >= 4 is 0 Å². The molecule has 0 bridgehead atoms. The second-order valence-corrected chi connectivity index (χ2v) is 6.41. The average Bonchev–Trinajstić information content (AvgIpc) is 2.37. The van der Waals surface area contributed by atoms with Crippen LogP contribution in [0.2, 0.25) is 0 Å². The van der Waals surface area contributed by atoms with E-state index in [1.807, 2.05) is 18.2 Å². The van der Waals surface area contributed by atoms with Crippen molar-refractivity contribution in [2.75, 3.05) is 14.2 Å². The fraction of sp³-hybridized carbons (Fsp3) is 0.625. The molecule has 20 heavy (non-hydrogen) atoms. The Labute approximate surface area is 121 Å². The summed E-state index contributed by atoms with van der Waals surface area (Å²) in [5, 5.41) is 0. The zero-order valence-corrected chi connectivity index (χ0v) is 13.0. The maximum atomic E-state index is 6.33. The molecular weight excluding hydrogens is 254 g/mol. The molecule has 0 spiro atoms. The predicted molar refractivity (Wildman–Crippen MR) is 79.3 cm³/mol. The highest BCUT2D eigenvalue weighted by molar-refractivity contribution is 5.44. The predicted octanol–water partition coefficient (Wildman–Crippen LogP) is 3.05. The molecule has 1 aromatic carbocycles. The van der Waals surface area contributed by atoms with E-state index in [0.29, 0.717) is 0 Å². The van der Waals surface area contributed by atoms with Crippen LogP contribution >= 0.6 is 0 Å². The molecule has 1 aliphatic rings. The summed E-state index contributed by atoms with van der Waals surface area (Å²) in [4.78, 5) is 0. The lowest BCUT2D eigenvalue weighted by Gasteiger charge is -2.42. The maximum absolute atomic E-state index is 6.33. The number of benzene rings is 1. The number of fused-ring (bicyclic) bond motifs is 1. The van der Waals surface area contributed by atoms with Crippen molar-refractivity contribution in [2.45, 2.75) is 50.9 Å². The molecule has 2 atom stereocenters. The Hall–Kier alpha value is -1.26. The van der Waals surface area contributed by atoms with E-state index in [2.05, 4.69) is 20.8 Å². The summed E-state index contributed by atoms with van der Waals surface area (Å²) in [6.07, 6.45) is 1.55. The molecule has 112 valence electrons. The van der Waals surface area contributed by atoms with Gasteiger partial charge in [0.2, 0.25) is 0 Å². The van der Waals surface area contributed by atoms with Crippen molar-refractivity contribution < 1.29 is 14.2 Å². The van der Waals surface area contributed by atoms with E-state index in [-0.39, 0.29) is 17.2 Å². The molecule has 0 aromatic heterocycles. The molecule has 0 aliphatic carbocycles. The van der Waals surface area contributed by atoms with Crippen LogP contribution in [0.15, 0.2) is 18.2 Å². The van der Waals surface area contributed by atoms with E-state index in [0.717, 1.165) is 29.9 Å². The normalized spacial score (nSPS) is 25.8. The summed E-state index contributed by atoms with van der Waals surface area (Å²) >= 11 is 0. The van der Waals surface area contributed by atoms with Gasteiger partial charge in [-0.2, -0.15) is 0 Å². The molecule has 1 aliphatic heterocycles. The van der Waals surface area contributed by atoms with Crippen LogP contribution < -0.4 is 15.2 Å². The number of hydrogen-bond acceptors (Lipinski definition) is 4. The molecule has 0 fully saturated rings. The highest BCUT2D eigenvalue weighted by Gasteiger charge is 2.40. The first-order valence-corrected chi connectivity index (χ1v) is 6.96. The van der Waals surface area contributed by atoms with Gasteiger partial charge in [0, 0.05) is 31.6 Å². The van der Waals surface area contributed by atoms with Crippen LogP contribution in [0.4, 0.5) is 0 Å². The van der Waals surface area contributed by atoms with E-state index in [4.69, 9.17) is 19.9 Å². The summed E-state index contributed by atoms with van der Waals surface area (Å²) in [7, 11) is 3.38. The zero-order valence-electron chi connectivity index (χ0n) is 13.0. The third kappa shape index (κ3) is 3.07. The minimum Gasteiger partial charge on any atom is -0.497 e. The first-order chi connectivity index (χ1) is 9.28. The molecule has 2 N–H and O–H groups in total. The third-order valence-electron chi connectivity index (χ3n) is 3.98. The second kappa shape index (κ2) is 5.26. The summed E-state index contributed by atoms with van der Waals surface area (Å²) in [6, 6.07) is 5.75. The maximum Gasteiger partial charge on any atom is 0.125 e. The van der Waals surface area contributed by atoms with Crippen LogP contribution in [-0.2, 0) is 4.74 Å². The van der Waals surface area contributed by atoms with Crippen molar-refractivity contribution in [3.63, 3.8) is 0 Å². The van der Waals surface area contributed by atoms with E-state index in [1.54, 1.807) is 14.2 Å². The smallest absolute Gasteiger partial charge is 0.125 e. The number of rotatable bonds is 4. The molecule has 2 rings (SSSR count). The number of nitrogens with two attached hydrogens (primary N) is 1. The van der Waals surface area contributed by atoms with E-state index < -0.39 is 0 Å². The number of ether oxygens (including phenoxy) is 3. The Bertz CT molecular complexity index is 487. The van der Waals surface area contributed by atoms with Gasteiger partial charge in [0.1, 0.15) is 17.1 Å². The lowest BCUT2D eigenvalue weighted by atomic mass is 9.82. The molecule has 4 heteroatoms. The molecule has 0 saturated carbocycles. The monoisotopic (exact) mass is 279 g/mol. The van der Waals surface area contributed by atoms with Crippen LogP contribution in [0.1, 0.15) is 45.2 Å². The molecule has 1 aromatic rings. The van der Waals surface area contributed by atoms with Crippen LogP contribution in [-0.4, -0.2) is 25.4 Å². The SMILES string of the molecule is COc1ccc2c(c1)[C@H](N)CC(C)(CC(C)(C)OC)O2. The molecule has 1 unspecified atom stereocenters. The van der Waals surface area contributed by atoms with Gasteiger partial charge in [-0.05, 0) is 39.0 Å². The number of methoxy groups -OCH3 is 2. The molecule has 0 amide bonds. The van der Waals surface area contributed by atoms with Gasteiger partial charge in [0.05, 0.1) is 12.7 Å². The largest absolute Gasteiger partial charge is 0.497 e. The molecule has 0 saturated heterocycles. The standard InChI is InChI=1S/C16H25NO3/c1-15(2,19-5)10-16(3)9-13(17)12-8-11(18-4)6-7-14(12)20-16/h6-8,13H,9-10,17H2,1-5H3/t13-,16?/m1/s1. The van der Waals surface area contributed by atoms with Crippen LogP contribution in [0.3, 0.4) is 0 Å². The van der Waals surface area contributed by atoms with Crippen molar-refractivity contribution in [3.8, 4) is 11.5 Å². The minimum atomic E-state index is -0.319. The Morgan fingerprint density at radius 2 is 2.10 bits per heavy atom. The fourth-order valence-corrected chi connectivity index (χ4v) is 3.00. The Kier molecular flexibility index (Phi) is 3.98. The van der Waals surface area contributed by atoms with Crippen LogP contribution in [0.5, 0.6) is 11.5 Å². The van der Waals surface area contributed by atoms with Gasteiger partial charge in [-0.1, -0.05) is 0 Å². The van der Waals surface area contributed by atoms with Crippen LogP contribution in [0, 0.1) is 0 Å². The summed E-state index contributed by atoms with van der Waals surface area (Å²) < 4.78 is 17.0. The van der Waals surface area contributed by atoms with E-state index >= 15 is 0 Å².